The lowest BCUT2D eigenvalue weighted by Gasteiger charge is -2.24. The number of carbonyl (C=O) groups excluding carboxylic acids is 1. The van der Waals surface area contributed by atoms with E-state index in [1.54, 1.807) is 6.20 Å². The van der Waals surface area contributed by atoms with Crippen LogP contribution in [0.15, 0.2) is 12.4 Å². The van der Waals surface area contributed by atoms with E-state index in [9.17, 15) is 4.79 Å². The van der Waals surface area contributed by atoms with Crippen LogP contribution in [0.25, 0.3) is 0 Å². The van der Waals surface area contributed by atoms with E-state index in [1.165, 1.54) is 19.3 Å². The van der Waals surface area contributed by atoms with Crippen molar-refractivity contribution in [3.8, 4) is 5.88 Å². The van der Waals surface area contributed by atoms with Crippen molar-refractivity contribution < 1.29 is 9.53 Å². The van der Waals surface area contributed by atoms with Gasteiger partial charge in [0.15, 0.2) is 5.82 Å². The molecule has 0 atom stereocenters. The van der Waals surface area contributed by atoms with E-state index in [-0.39, 0.29) is 6.10 Å². The van der Waals surface area contributed by atoms with Gasteiger partial charge in [-0.25, -0.2) is 0 Å². The van der Waals surface area contributed by atoms with Crippen LogP contribution < -0.4 is 9.64 Å². The Hall–Kier alpha value is -1.85. The molecule has 2 saturated carbocycles. The number of rotatable bonds is 4. The average molecular weight is 344 g/mol. The van der Waals surface area contributed by atoms with Crippen molar-refractivity contribution in [1.82, 2.24) is 14.9 Å². The molecule has 1 saturated heterocycles. The lowest BCUT2D eigenvalue weighted by atomic mass is 9.98. The Morgan fingerprint density at radius 3 is 2.60 bits per heavy atom. The summed E-state index contributed by atoms with van der Waals surface area (Å²) < 4.78 is 6.05. The summed E-state index contributed by atoms with van der Waals surface area (Å²) in [5.74, 6) is 2.16. The van der Waals surface area contributed by atoms with E-state index in [0.717, 1.165) is 64.1 Å². The van der Waals surface area contributed by atoms with Gasteiger partial charge in [0.05, 0.1) is 12.4 Å². The van der Waals surface area contributed by atoms with Gasteiger partial charge < -0.3 is 14.5 Å². The zero-order valence-electron chi connectivity index (χ0n) is 14.9. The smallest absolute Gasteiger partial charge is 0.234 e. The highest BCUT2D eigenvalue weighted by atomic mass is 16.5. The monoisotopic (exact) mass is 344 g/mol. The third-order valence-electron chi connectivity index (χ3n) is 5.50. The van der Waals surface area contributed by atoms with Crippen LogP contribution in [0.4, 0.5) is 5.82 Å². The van der Waals surface area contributed by atoms with Gasteiger partial charge in [-0.2, -0.15) is 4.98 Å². The van der Waals surface area contributed by atoms with Crippen LogP contribution in [0, 0.1) is 5.92 Å². The van der Waals surface area contributed by atoms with Gasteiger partial charge in [0.25, 0.3) is 0 Å². The van der Waals surface area contributed by atoms with Crippen LogP contribution in [-0.4, -0.2) is 53.1 Å². The molecule has 4 rings (SSSR count). The molecule has 0 N–H and O–H groups in total. The molecule has 1 aliphatic heterocycles. The fourth-order valence-corrected chi connectivity index (χ4v) is 3.86. The molecule has 0 aromatic carbocycles. The van der Waals surface area contributed by atoms with Gasteiger partial charge in [-0.15, -0.1) is 0 Å². The highest BCUT2D eigenvalue weighted by molar-refractivity contribution is 5.81. The molecule has 0 radical (unpaired) electrons. The molecule has 1 aromatic heterocycles. The Balaban J connectivity index is 1.37. The second-order valence-corrected chi connectivity index (χ2v) is 7.53. The summed E-state index contributed by atoms with van der Waals surface area (Å²) >= 11 is 0. The minimum Gasteiger partial charge on any atom is -0.473 e. The van der Waals surface area contributed by atoms with E-state index in [0.29, 0.717) is 17.7 Å². The number of anilines is 1. The van der Waals surface area contributed by atoms with Gasteiger partial charge in [0.1, 0.15) is 6.10 Å². The molecule has 6 heteroatoms. The summed E-state index contributed by atoms with van der Waals surface area (Å²) in [6, 6.07) is 0. The van der Waals surface area contributed by atoms with E-state index in [1.807, 2.05) is 11.1 Å². The Morgan fingerprint density at radius 1 is 0.960 bits per heavy atom. The highest BCUT2D eigenvalue weighted by Crippen LogP contribution is 2.31. The summed E-state index contributed by atoms with van der Waals surface area (Å²) in [5.41, 5.74) is 0. The van der Waals surface area contributed by atoms with Crippen molar-refractivity contribution in [2.45, 2.75) is 57.5 Å². The topological polar surface area (TPSA) is 58.6 Å². The summed E-state index contributed by atoms with van der Waals surface area (Å²) in [5, 5.41) is 0. The zero-order valence-corrected chi connectivity index (χ0v) is 14.9. The van der Waals surface area contributed by atoms with Crippen LogP contribution in [0.1, 0.15) is 51.4 Å². The summed E-state index contributed by atoms with van der Waals surface area (Å²) in [6.45, 7) is 3.37. The van der Waals surface area contributed by atoms with E-state index < -0.39 is 0 Å². The molecular formula is C19H28N4O2. The first kappa shape index (κ1) is 16.6. The van der Waals surface area contributed by atoms with E-state index in [4.69, 9.17) is 4.74 Å². The molecular weight excluding hydrogens is 316 g/mol. The molecule has 136 valence electrons. The van der Waals surface area contributed by atoms with Crippen LogP contribution in [0.2, 0.25) is 0 Å². The van der Waals surface area contributed by atoms with E-state index in [2.05, 4.69) is 14.9 Å². The third kappa shape index (κ3) is 4.22. The zero-order chi connectivity index (χ0) is 17.1. The number of nitrogens with zero attached hydrogens (tertiary/aromatic N) is 4. The van der Waals surface area contributed by atoms with E-state index >= 15 is 0 Å². The average Bonchev–Trinajstić information content (AvgIpc) is 3.49. The van der Waals surface area contributed by atoms with Crippen molar-refractivity contribution in [3.05, 3.63) is 12.4 Å². The molecule has 0 unspecified atom stereocenters. The largest absolute Gasteiger partial charge is 0.473 e. The van der Waals surface area contributed by atoms with Crippen LogP contribution in [0.5, 0.6) is 5.88 Å². The standard InChI is InChI=1S/C19H28N4O2/c24-19(15-7-8-15)23-10-4-9-22(11-12-23)17-13-20-14-18(21-17)25-16-5-2-1-3-6-16/h13-16H,1-12H2. The van der Waals surface area contributed by atoms with Gasteiger partial charge in [0, 0.05) is 32.1 Å². The predicted molar refractivity (Wildman–Crippen MR) is 95.7 cm³/mol. The summed E-state index contributed by atoms with van der Waals surface area (Å²) in [6.07, 6.45) is 13.0. The maximum atomic E-state index is 12.3. The summed E-state index contributed by atoms with van der Waals surface area (Å²) in [7, 11) is 0. The molecule has 1 amide bonds. The molecule has 0 bridgehead atoms. The minimum absolute atomic E-state index is 0.286. The fraction of sp³-hybridized carbons (Fsp3) is 0.737. The number of hydrogen-bond donors (Lipinski definition) is 0. The quantitative estimate of drug-likeness (QED) is 0.840. The van der Waals surface area contributed by atoms with Crippen molar-refractivity contribution in [1.29, 1.82) is 0 Å². The highest BCUT2D eigenvalue weighted by Gasteiger charge is 2.34. The normalized spacial score (nSPS) is 22.6. The maximum absolute atomic E-state index is 12.3. The summed E-state index contributed by atoms with van der Waals surface area (Å²) in [4.78, 5) is 25.6. The number of amides is 1. The molecule has 6 nitrogen and oxygen atoms in total. The molecule has 1 aromatic rings. The van der Waals surface area contributed by atoms with Crippen LogP contribution in [-0.2, 0) is 4.79 Å². The van der Waals surface area contributed by atoms with Crippen molar-refractivity contribution in [3.63, 3.8) is 0 Å². The second kappa shape index (κ2) is 7.58. The third-order valence-corrected chi connectivity index (χ3v) is 5.50. The molecule has 3 fully saturated rings. The predicted octanol–water partition coefficient (Wildman–Crippen LogP) is 2.64. The lowest BCUT2D eigenvalue weighted by Crippen LogP contribution is -2.36. The first-order valence-corrected chi connectivity index (χ1v) is 9.82. The van der Waals surface area contributed by atoms with Crippen LogP contribution >= 0.6 is 0 Å². The molecule has 3 aliphatic rings. The van der Waals surface area contributed by atoms with Crippen molar-refractivity contribution >= 4 is 11.7 Å². The van der Waals surface area contributed by atoms with Gasteiger partial charge in [-0.3, -0.25) is 9.78 Å². The Kier molecular flexibility index (Phi) is 5.04. The Labute approximate surface area is 149 Å². The van der Waals surface area contributed by atoms with Gasteiger partial charge >= 0.3 is 0 Å². The Morgan fingerprint density at radius 2 is 1.80 bits per heavy atom. The van der Waals surface area contributed by atoms with Gasteiger partial charge in [-0.1, -0.05) is 6.42 Å². The second-order valence-electron chi connectivity index (χ2n) is 7.53. The number of carbonyl (C=O) groups is 1. The molecule has 0 spiro atoms. The van der Waals surface area contributed by atoms with Gasteiger partial charge in [-0.05, 0) is 44.9 Å². The van der Waals surface area contributed by atoms with Crippen LogP contribution in [0.3, 0.4) is 0 Å². The lowest BCUT2D eigenvalue weighted by molar-refractivity contribution is -0.132. The van der Waals surface area contributed by atoms with Gasteiger partial charge in [0.2, 0.25) is 11.8 Å². The molecule has 2 aliphatic carbocycles. The minimum atomic E-state index is 0.286. The Bertz CT molecular complexity index is 599. The maximum Gasteiger partial charge on any atom is 0.234 e. The first-order chi connectivity index (χ1) is 12.3. The number of hydrogen-bond acceptors (Lipinski definition) is 5. The van der Waals surface area contributed by atoms with Crippen molar-refractivity contribution in [2.24, 2.45) is 5.92 Å². The molecule has 25 heavy (non-hydrogen) atoms. The first-order valence-electron chi connectivity index (χ1n) is 9.82. The fourth-order valence-electron chi connectivity index (χ4n) is 3.86. The number of ether oxygens (including phenoxy) is 1. The SMILES string of the molecule is O=C(C1CC1)N1CCCN(c2cncc(OC3CCCCC3)n2)CC1. The molecule has 2 heterocycles. The number of aromatic nitrogens is 2. The van der Waals surface area contributed by atoms with Crippen molar-refractivity contribution in [2.75, 3.05) is 31.1 Å².